The van der Waals surface area contributed by atoms with Crippen molar-refractivity contribution in [1.29, 1.82) is 0 Å². The number of nitrogens with zero attached hydrogens (tertiary/aromatic N) is 1. The van der Waals surface area contributed by atoms with Gasteiger partial charge < -0.3 is 4.74 Å². The highest BCUT2D eigenvalue weighted by Crippen LogP contribution is 1.89. The van der Waals surface area contributed by atoms with Gasteiger partial charge in [-0.3, -0.25) is 4.99 Å². The highest BCUT2D eigenvalue weighted by atomic mass is 16.5. The lowest BCUT2D eigenvalue weighted by Crippen LogP contribution is -1.85. The molecule has 0 aliphatic rings. The van der Waals surface area contributed by atoms with Crippen LogP contribution >= 0.6 is 0 Å². The molecule has 0 fully saturated rings. The summed E-state index contributed by atoms with van der Waals surface area (Å²) in [5, 5.41) is 0. The van der Waals surface area contributed by atoms with Crippen molar-refractivity contribution >= 4 is 6.21 Å². The Morgan fingerprint density at radius 2 is 1.83 bits per heavy atom. The molecule has 0 aliphatic carbocycles. The van der Waals surface area contributed by atoms with Gasteiger partial charge in [-0.25, -0.2) is 0 Å². The van der Waals surface area contributed by atoms with Crippen molar-refractivity contribution in [2.45, 2.75) is 27.7 Å². The first-order chi connectivity index (χ1) is 5.85. The second-order valence-electron chi connectivity index (χ2n) is 1.66. The van der Waals surface area contributed by atoms with Crippen molar-refractivity contribution in [3.05, 3.63) is 24.1 Å². The summed E-state index contributed by atoms with van der Waals surface area (Å²) < 4.78 is 4.92. The van der Waals surface area contributed by atoms with Gasteiger partial charge in [0, 0.05) is 6.20 Å². The zero-order valence-electron chi connectivity index (χ0n) is 8.66. The summed E-state index contributed by atoms with van der Waals surface area (Å²) in [6.45, 7) is 7.82. The molecule has 2 heteroatoms. The summed E-state index contributed by atoms with van der Waals surface area (Å²) in [7, 11) is 1.62. The van der Waals surface area contributed by atoms with E-state index in [-0.39, 0.29) is 0 Å². The van der Waals surface area contributed by atoms with Gasteiger partial charge in [0.2, 0.25) is 0 Å². The number of ether oxygens (including phenoxy) is 1. The fourth-order valence-corrected chi connectivity index (χ4v) is 0.448. The predicted molar refractivity (Wildman–Crippen MR) is 55.4 cm³/mol. The number of rotatable bonds is 3. The van der Waals surface area contributed by atoms with E-state index in [0.717, 1.165) is 5.76 Å². The Bertz CT molecular complexity index is 157. The second kappa shape index (κ2) is 12.6. The van der Waals surface area contributed by atoms with Gasteiger partial charge in [-0.1, -0.05) is 19.9 Å². The number of allylic oxidation sites excluding steroid dienone is 3. The van der Waals surface area contributed by atoms with Crippen LogP contribution in [0.5, 0.6) is 0 Å². The van der Waals surface area contributed by atoms with Gasteiger partial charge in [-0.2, -0.15) is 0 Å². The van der Waals surface area contributed by atoms with E-state index in [1.54, 1.807) is 19.5 Å². The fraction of sp³-hybridized carbons (Fsp3) is 0.500. The maximum atomic E-state index is 4.92. The third-order valence-corrected chi connectivity index (χ3v) is 0.957. The van der Waals surface area contributed by atoms with Crippen LogP contribution in [0.2, 0.25) is 0 Å². The van der Waals surface area contributed by atoms with Gasteiger partial charge in [0.05, 0.1) is 13.3 Å². The Labute approximate surface area is 75.7 Å². The lowest BCUT2D eigenvalue weighted by atomic mass is 10.5. The Kier molecular flexibility index (Phi) is 14.2. The van der Waals surface area contributed by atoms with Crippen LogP contribution < -0.4 is 0 Å². The Morgan fingerprint density at radius 3 is 2.17 bits per heavy atom. The molecular weight excluding hydrogens is 150 g/mol. The lowest BCUT2D eigenvalue weighted by molar-refractivity contribution is 0.316. The molecule has 12 heavy (non-hydrogen) atoms. The third kappa shape index (κ3) is 8.95. The van der Waals surface area contributed by atoms with E-state index >= 15 is 0 Å². The van der Waals surface area contributed by atoms with Crippen LogP contribution in [-0.2, 0) is 4.74 Å². The lowest BCUT2D eigenvalue weighted by Gasteiger charge is -1.94. The minimum atomic E-state index is 0.776. The number of aliphatic imine (C=N–C) groups is 1. The van der Waals surface area contributed by atoms with E-state index in [0.29, 0.717) is 0 Å². The summed E-state index contributed by atoms with van der Waals surface area (Å²) in [6, 6.07) is 0. The van der Waals surface area contributed by atoms with Crippen molar-refractivity contribution in [1.82, 2.24) is 0 Å². The summed E-state index contributed by atoms with van der Waals surface area (Å²) in [6.07, 6.45) is 7.09. The van der Waals surface area contributed by atoms with Gasteiger partial charge in [0.1, 0.15) is 5.76 Å². The Balaban J connectivity index is 0. The van der Waals surface area contributed by atoms with E-state index in [9.17, 15) is 0 Å². The van der Waals surface area contributed by atoms with Crippen LogP contribution in [0, 0.1) is 0 Å². The molecule has 0 aromatic heterocycles. The molecule has 0 bridgehead atoms. The van der Waals surface area contributed by atoms with Crippen molar-refractivity contribution in [2.24, 2.45) is 4.99 Å². The minimum Gasteiger partial charge on any atom is -0.495 e. The summed E-state index contributed by atoms with van der Waals surface area (Å²) in [5.41, 5.74) is 0. The number of hydrogen-bond donors (Lipinski definition) is 0. The molecule has 0 heterocycles. The normalized spacial score (nSPS) is 11.6. The first-order valence-corrected chi connectivity index (χ1v) is 4.19. The molecule has 0 aromatic rings. The molecule has 0 spiro atoms. The van der Waals surface area contributed by atoms with Crippen molar-refractivity contribution < 1.29 is 4.74 Å². The molecule has 0 atom stereocenters. The average molecular weight is 169 g/mol. The second-order valence-corrected chi connectivity index (χ2v) is 1.66. The summed E-state index contributed by atoms with van der Waals surface area (Å²) in [4.78, 5) is 3.93. The maximum absolute atomic E-state index is 4.92. The quantitative estimate of drug-likeness (QED) is 0.469. The zero-order valence-corrected chi connectivity index (χ0v) is 8.66. The SMILES string of the molecule is CC.C\C=C/N=C\C(=C/C)OC. The smallest absolute Gasteiger partial charge is 0.132 e. The largest absolute Gasteiger partial charge is 0.495 e. The maximum Gasteiger partial charge on any atom is 0.132 e. The number of methoxy groups -OCH3 is 1. The molecule has 0 saturated carbocycles. The molecule has 0 N–H and O–H groups in total. The van der Waals surface area contributed by atoms with E-state index in [2.05, 4.69) is 4.99 Å². The van der Waals surface area contributed by atoms with E-state index in [1.807, 2.05) is 39.8 Å². The van der Waals surface area contributed by atoms with Crippen molar-refractivity contribution in [3.8, 4) is 0 Å². The van der Waals surface area contributed by atoms with E-state index in [1.165, 1.54) is 0 Å². The first-order valence-electron chi connectivity index (χ1n) is 4.19. The van der Waals surface area contributed by atoms with Crippen LogP contribution in [-0.4, -0.2) is 13.3 Å². The highest BCUT2D eigenvalue weighted by molar-refractivity contribution is 5.76. The van der Waals surface area contributed by atoms with Crippen LogP contribution in [0.4, 0.5) is 0 Å². The van der Waals surface area contributed by atoms with Crippen LogP contribution in [0.25, 0.3) is 0 Å². The Hall–Kier alpha value is -1.05. The molecule has 0 rings (SSSR count). The zero-order chi connectivity index (χ0) is 9.82. The molecule has 2 nitrogen and oxygen atoms in total. The monoisotopic (exact) mass is 169 g/mol. The van der Waals surface area contributed by atoms with Crippen LogP contribution in [0.3, 0.4) is 0 Å². The standard InChI is InChI=1S/C8H13NO.C2H6/c1-4-6-9-7-8(5-2)10-3;1-2/h4-7H,1-3H3;1-2H3/b6-4-,8-5+,9-7-;. The van der Waals surface area contributed by atoms with Gasteiger partial charge >= 0.3 is 0 Å². The van der Waals surface area contributed by atoms with E-state index in [4.69, 9.17) is 4.74 Å². The molecule has 0 aliphatic heterocycles. The third-order valence-electron chi connectivity index (χ3n) is 0.957. The molecule has 0 saturated heterocycles. The van der Waals surface area contributed by atoms with Gasteiger partial charge in [0.25, 0.3) is 0 Å². The van der Waals surface area contributed by atoms with Gasteiger partial charge in [0.15, 0.2) is 0 Å². The molecule has 70 valence electrons. The van der Waals surface area contributed by atoms with Crippen molar-refractivity contribution in [3.63, 3.8) is 0 Å². The molecule has 0 amide bonds. The molecule has 0 aromatic carbocycles. The topological polar surface area (TPSA) is 21.6 Å². The van der Waals surface area contributed by atoms with Gasteiger partial charge in [-0.15, -0.1) is 0 Å². The van der Waals surface area contributed by atoms with Crippen LogP contribution in [0.1, 0.15) is 27.7 Å². The molecule has 0 unspecified atom stereocenters. The van der Waals surface area contributed by atoms with Crippen molar-refractivity contribution in [2.75, 3.05) is 7.11 Å². The highest BCUT2D eigenvalue weighted by Gasteiger charge is 1.82. The Morgan fingerprint density at radius 1 is 1.25 bits per heavy atom. The molecule has 0 radical (unpaired) electrons. The molecular formula is C10H19NO. The first kappa shape index (κ1) is 13.5. The number of hydrogen-bond acceptors (Lipinski definition) is 2. The summed E-state index contributed by atoms with van der Waals surface area (Å²) in [5.74, 6) is 0.776. The summed E-state index contributed by atoms with van der Waals surface area (Å²) >= 11 is 0. The predicted octanol–water partition coefficient (Wildman–Crippen LogP) is 3.17. The van der Waals surface area contributed by atoms with Gasteiger partial charge in [-0.05, 0) is 19.9 Å². The van der Waals surface area contributed by atoms with Crippen LogP contribution in [0.15, 0.2) is 29.1 Å². The average Bonchev–Trinajstić information content (AvgIpc) is 2.16. The minimum absolute atomic E-state index is 0.776. The fourth-order valence-electron chi connectivity index (χ4n) is 0.448. The van der Waals surface area contributed by atoms with E-state index < -0.39 is 0 Å².